The molecule has 0 atom stereocenters. The van der Waals surface area contributed by atoms with Gasteiger partial charge in [-0.25, -0.2) is 0 Å². The van der Waals surface area contributed by atoms with E-state index in [1.54, 1.807) is 0 Å². The number of rotatable bonds is 0. The first-order valence-corrected chi connectivity index (χ1v) is 10.4. The highest BCUT2D eigenvalue weighted by atomic mass is 14.5. The van der Waals surface area contributed by atoms with Gasteiger partial charge in [0.25, 0.3) is 0 Å². The zero-order chi connectivity index (χ0) is 19.3. The second kappa shape index (κ2) is 4.96. The van der Waals surface area contributed by atoms with Gasteiger partial charge in [0.1, 0.15) is 0 Å². The Morgan fingerprint density at radius 3 is 1.41 bits per heavy atom. The van der Waals surface area contributed by atoms with Crippen LogP contribution in [-0.2, 0) is 5.41 Å². The molecule has 0 heteroatoms. The zero-order valence-corrected chi connectivity index (χ0v) is 16.6. The summed E-state index contributed by atoms with van der Waals surface area (Å²) < 4.78 is 0. The van der Waals surface area contributed by atoms with Crippen LogP contribution in [0.15, 0.2) is 84.9 Å². The summed E-state index contributed by atoms with van der Waals surface area (Å²) >= 11 is 0. The average molecular weight is 368 g/mol. The van der Waals surface area contributed by atoms with Crippen molar-refractivity contribution >= 4 is 21.5 Å². The summed E-state index contributed by atoms with van der Waals surface area (Å²) in [7, 11) is 0. The van der Waals surface area contributed by atoms with Crippen LogP contribution in [0.3, 0.4) is 0 Å². The molecule has 0 aliphatic heterocycles. The molecule has 7 rings (SSSR count). The normalized spacial score (nSPS) is 14.8. The van der Waals surface area contributed by atoms with Gasteiger partial charge < -0.3 is 0 Å². The van der Waals surface area contributed by atoms with E-state index in [-0.39, 0.29) is 5.41 Å². The molecular weight excluding hydrogens is 348 g/mol. The number of aryl methyl sites for hydroxylation is 2. The van der Waals surface area contributed by atoms with E-state index in [2.05, 4.69) is 98.8 Å². The molecule has 0 heterocycles. The van der Waals surface area contributed by atoms with Gasteiger partial charge in [-0.05, 0) is 68.8 Å². The molecule has 0 amide bonds. The van der Waals surface area contributed by atoms with Crippen molar-refractivity contribution in [3.8, 4) is 11.1 Å². The highest BCUT2D eigenvalue weighted by Gasteiger charge is 2.50. The van der Waals surface area contributed by atoms with Gasteiger partial charge in [0.15, 0.2) is 0 Å². The Hall–Kier alpha value is -3.38. The van der Waals surface area contributed by atoms with Crippen molar-refractivity contribution in [1.82, 2.24) is 0 Å². The quantitative estimate of drug-likeness (QED) is 0.247. The third kappa shape index (κ3) is 1.64. The molecule has 2 aliphatic rings. The fraction of sp³-hybridized carbons (Fsp3) is 0.103. The van der Waals surface area contributed by atoms with Crippen molar-refractivity contribution in [2.24, 2.45) is 0 Å². The molecule has 0 saturated heterocycles. The van der Waals surface area contributed by atoms with Crippen LogP contribution in [-0.4, -0.2) is 0 Å². The second-order valence-corrected chi connectivity index (χ2v) is 8.73. The molecule has 0 radical (unpaired) electrons. The maximum absolute atomic E-state index is 2.44. The third-order valence-corrected chi connectivity index (χ3v) is 7.08. The Kier molecular flexibility index (Phi) is 2.66. The van der Waals surface area contributed by atoms with Crippen LogP contribution >= 0.6 is 0 Å². The van der Waals surface area contributed by atoms with Crippen molar-refractivity contribution in [2.45, 2.75) is 19.3 Å². The first-order chi connectivity index (χ1) is 14.2. The van der Waals surface area contributed by atoms with E-state index in [9.17, 15) is 0 Å². The van der Waals surface area contributed by atoms with Crippen LogP contribution < -0.4 is 0 Å². The van der Waals surface area contributed by atoms with E-state index in [0.717, 1.165) is 0 Å². The Morgan fingerprint density at radius 2 is 0.931 bits per heavy atom. The highest BCUT2D eigenvalue weighted by Crippen LogP contribution is 2.62. The minimum Gasteiger partial charge on any atom is -0.0619 e. The van der Waals surface area contributed by atoms with Gasteiger partial charge in [-0.3, -0.25) is 0 Å². The van der Waals surface area contributed by atoms with Gasteiger partial charge in [-0.15, -0.1) is 0 Å². The van der Waals surface area contributed by atoms with E-state index in [0.29, 0.717) is 0 Å². The van der Waals surface area contributed by atoms with Crippen LogP contribution in [0.4, 0.5) is 0 Å². The van der Waals surface area contributed by atoms with Crippen LogP contribution in [0, 0.1) is 13.8 Å². The van der Waals surface area contributed by atoms with Crippen LogP contribution in [0.2, 0.25) is 0 Å². The van der Waals surface area contributed by atoms with E-state index >= 15 is 0 Å². The molecule has 0 unspecified atom stereocenters. The second-order valence-electron chi connectivity index (χ2n) is 8.73. The predicted molar refractivity (Wildman–Crippen MR) is 122 cm³/mol. The maximum Gasteiger partial charge on any atom is 0.0726 e. The average Bonchev–Trinajstić information content (AvgIpc) is 3.19. The summed E-state index contributed by atoms with van der Waals surface area (Å²) in [5, 5.41) is 5.59. The van der Waals surface area contributed by atoms with Crippen molar-refractivity contribution in [2.75, 3.05) is 0 Å². The molecule has 0 fully saturated rings. The molecule has 2 aliphatic carbocycles. The van der Waals surface area contributed by atoms with Crippen molar-refractivity contribution < 1.29 is 0 Å². The standard InChI is InChI=1S/C29H20/c1-17-13-19-11-12-20-14-18(2)16-26-28(20)27(19)25(15-17)29(26)23-9-5-3-7-21(23)22-8-4-6-10-24(22)29/h3-16H,1-2H3. The molecule has 0 aromatic heterocycles. The SMILES string of the molecule is Cc1cc2c3c(ccc4cc(C)cc(c43)C23c2ccccc2-c2ccccc23)c1. The molecule has 0 nitrogen and oxygen atoms in total. The lowest BCUT2D eigenvalue weighted by Crippen LogP contribution is -2.26. The fourth-order valence-electron chi connectivity index (χ4n) is 6.18. The van der Waals surface area contributed by atoms with Gasteiger partial charge in [-0.1, -0.05) is 96.1 Å². The summed E-state index contributed by atoms with van der Waals surface area (Å²) in [5.41, 5.74) is 11.0. The molecule has 136 valence electrons. The zero-order valence-electron chi connectivity index (χ0n) is 16.6. The van der Waals surface area contributed by atoms with Gasteiger partial charge in [0.05, 0.1) is 5.41 Å². The Labute approximate surface area is 170 Å². The summed E-state index contributed by atoms with van der Waals surface area (Å²) in [6.07, 6.45) is 0. The Balaban J connectivity index is 1.82. The monoisotopic (exact) mass is 368 g/mol. The topological polar surface area (TPSA) is 0 Å². The number of hydrogen-bond donors (Lipinski definition) is 0. The smallest absolute Gasteiger partial charge is 0.0619 e. The number of benzene rings is 5. The lowest BCUT2D eigenvalue weighted by Gasteiger charge is -2.31. The minimum absolute atomic E-state index is 0.217. The first kappa shape index (κ1) is 15.5. The molecule has 1 spiro atoms. The van der Waals surface area contributed by atoms with Gasteiger partial charge in [0.2, 0.25) is 0 Å². The van der Waals surface area contributed by atoms with Crippen LogP contribution in [0.25, 0.3) is 32.7 Å². The summed E-state index contributed by atoms with van der Waals surface area (Å²) in [6.45, 7) is 4.46. The highest BCUT2D eigenvalue weighted by molar-refractivity contribution is 6.17. The summed E-state index contributed by atoms with van der Waals surface area (Å²) in [5.74, 6) is 0. The largest absolute Gasteiger partial charge is 0.0726 e. The third-order valence-electron chi connectivity index (χ3n) is 7.08. The van der Waals surface area contributed by atoms with Crippen LogP contribution in [0.5, 0.6) is 0 Å². The van der Waals surface area contributed by atoms with Crippen molar-refractivity contribution in [1.29, 1.82) is 0 Å². The lowest BCUT2D eigenvalue weighted by atomic mass is 9.69. The first-order valence-electron chi connectivity index (χ1n) is 10.4. The maximum atomic E-state index is 2.44. The number of fused-ring (bicyclic) bond motifs is 7. The summed E-state index contributed by atoms with van der Waals surface area (Å²) in [6, 6.07) is 32.2. The predicted octanol–water partition coefficient (Wildman–Crippen LogP) is 7.29. The number of hydrogen-bond acceptors (Lipinski definition) is 0. The van der Waals surface area contributed by atoms with E-state index < -0.39 is 0 Å². The van der Waals surface area contributed by atoms with Gasteiger partial charge in [0, 0.05) is 0 Å². The lowest BCUT2D eigenvalue weighted by molar-refractivity contribution is 0.795. The molecule has 5 aromatic carbocycles. The van der Waals surface area contributed by atoms with E-state index in [1.165, 1.54) is 66.1 Å². The molecular formula is C29H20. The van der Waals surface area contributed by atoms with E-state index in [1.807, 2.05) is 0 Å². The minimum atomic E-state index is -0.217. The summed E-state index contributed by atoms with van der Waals surface area (Å²) in [4.78, 5) is 0. The molecule has 5 aromatic rings. The van der Waals surface area contributed by atoms with Crippen molar-refractivity contribution in [3.63, 3.8) is 0 Å². The van der Waals surface area contributed by atoms with Crippen molar-refractivity contribution in [3.05, 3.63) is 118 Å². The van der Waals surface area contributed by atoms with E-state index in [4.69, 9.17) is 0 Å². The van der Waals surface area contributed by atoms with Crippen LogP contribution in [0.1, 0.15) is 33.4 Å². The van der Waals surface area contributed by atoms with Gasteiger partial charge in [-0.2, -0.15) is 0 Å². The molecule has 0 bridgehead atoms. The molecule has 0 saturated carbocycles. The fourth-order valence-corrected chi connectivity index (χ4v) is 6.18. The molecule has 29 heavy (non-hydrogen) atoms. The Bertz CT molecular complexity index is 1400. The van der Waals surface area contributed by atoms with Gasteiger partial charge >= 0.3 is 0 Å². The molecule has 0 N–H and O–H groups in total. The Morgan fingerprint density at radius 1 is 0.483 bits per heavy atom.